The van der Waals surface area contributed by atoms with Gasteiger partial charge in [-0.3, -0.25) is 0 Å². The van der Waals surface area contributed by atoms with Crippen LogP contribution in [0.5, 0.6) is 0 Å². The van der Waals surface area contributed by atoms with Crippen LogP contribution in [-0.2, 0) is 5.54 Å². The van der Waals surface area contributed by atoms with Gasteiger partial charge in [0.05, 0.1) is 5.54 Å². The first-order chi connectivity index (χ1) is 6.38. The minimum Gasteiger partial charge on any atom is -0.321 e. The lowest BCUT2D eigenvalue weighted by atomic mass is 9.97. The van der Waals surface area contributed by atoms with Crippen molar-refractivity contribution in [3.63, 3.8) is 0 Å². The van der Waals surface area contributed by atoms with E-state index >= 15 is 0 Å². The summed E-state index contributed by atoms with van der Waals surface area (Å²) >= 11 is 3.35. The van der Waals surface area contributed by atoms with Crippen LogP contribution in [0.4, 0.5) is 4.39 Å². The Balaban J connectivity index is 2.54. The number of hydrogen-bond donors (Lipinski definition) is 1. The van der Waals surface area contributed by atoms with Crippen LogP contribution >= 0.6 is 15.9 Å². The molecule has 0 heterocycles. The Morgan fingerprint density at radius 1 is 1.43 bits per heavy atom. The maximum atomic E-state index is 13.6. The number of nitrogens with two attached hydrogens (primary N) is 1. The lowest BCUT2D eigenvalue weighted by Gasteiger charge is -2.17. The molecule has 2 N–H and O–H groups in total. The monoisotopic (exact) mass is 257 g/mol. The predicted octanol–water partition coefficient (Wildman–Crippen LogP) is 3.17. The fraction of sp³-hybridized carbons (Fsp3) is 0.455. The van der Waals surface area contributed by atoms with Gasteiger partial charge in [0.1, 0.15) is 5.82 Å². The van der Waals surface area contributed by atoms with E-state index in [1.54, 1.807) is 6.07 Å². The van der Waals surface area contributed by atoms with E-state index in [9.17, 15) is 4.39 Å². The van der Waals surface area contributed by atoms with Crippen molar-refractivity contribution in [2.75, 3.05) is 0 Å². The molecule has 0 aromatic heterocycles. The van der Waals surface area contributed by atoms with Crippen LogP contribution in [0.2, 0.25) is 0 Å². The Kier molecular flexibility index (Phi) is 2.02. The summed E-state index contributed by atoms with van der Waals surface area (Å²) in [5, 5.41) is 0. The quantitative estimate of drug-likeness (QED) is 0.822. The van der Waals surface area contributed by atoms with Gasteiger partial charge in [-0.05, 0) is 24.0 Å². The SMILES string of the molecule is CC1(C)CC1(N)c1c(F)cccc1Br. The Hall–Kier alpha value is -0.410. The standard InChI is InChI=1S/C11H13BrFN/c1-10(2)6-11(10,14)9-7(12)4-3-5-8(9)13/h3-5H,6,14H2,1-2H3. The summed E-state index contributed by atoms with van der Waals surface area (Å²) in [6.45, 7) is 4.12. The van der Waals surface area contributed by atoms with Crippen LogP contribution in [0.1, 0.15) is 25.8 Å². The summed E-state index contributed by atoms with van der Waals surface area (Å²) in [5.74, 6) is -0.215. The minimum absolute atomic E-state index is 0.00227. The predicted molar refractivity (Wildman–Crippen MR) is 58.4 cm³/mol. The summed E-state index contributed by atoms with van der Waals surface area (Å²) in [7, 11) is 0. The molecule has 1 atom stereocenters. The summed E-state index contributed by atoms with van der Waals surface area (Å²) in [6.07, 6.45) is 0.833. The molecule has 1 aliphatic rings. The smallest absolute Gasteiger partial charge is 0.129 e. The molecule has 1 fully saturated rings. The van der Waals surface area contributed by atoms with E-state index in [4.69, 9.17) is 5.73 Å². The fourth-order valence-corrected chi connectivity index (χ4v) is 2.70. The van der Waals surface area contributed by atoms with Crippen LogP contribution in [-0.4, -0.2) is 0 Å². The van der Waals surface area contributed by atoms with E-state index in [1.807, 2.05) is 6.07 Å². The lowest BCUT2D eigenvalue weighted by Crippen LogP contribution is -2.27. The van der Waals surface area contributed by atoms with Crippen molar-refractivity contribution in [3.8, 4) is 0 Å². The molecule has 0 spiro atoms. The van der Waals surface area contributed by atoms with Crippen LogP contribution < -0.4 is 5.73 Å². The molecule has 1 aromatic rings. The summed E-state index contributed by atoms with van der Waals surface area (Å²) in [6, 6.07) is 4.98. The first-order valence-electron chi connectivity index (χ1n) is 4.62. The van der Waals surface area contributed by atoms with E-state index in [-0.39, 0.29) is 11.2 Å². The second kappa shape index (κ2) is 2.80. The maximum Gasteiger partial charge on any atom is 0.129 e. The Morgan fingerprint density at radius 3 is 2.43 bits per heavy atom. The van der Waals surface area contributed by atoms with Gasteiger partial charge in [0.15, 0.2) is 0 Å². The average Bonchev–Trinajstić information content (AvgIpc) is 2.50. The molecule has 3 heteroatoms. The molecule has 1 saturated carbocycles. The molecule has 1 unspecified atom stereocenters. The minimum atomic E-state index is -0.503. The highest BCUT2D eigenvalue weighted by molar-refractivity contribution is 9.10. The van der Waals surface area contributed by atoms with Crippen molar-refractivity contribution in [2.24, 2.45) is 11.1 Å². The van der Waals surface area contributed by atoms with Crippen LogP contribution in [0.15, 0.2) is 22.7 Å². The third-order valence-corrected chi connectivity index (χ3v) is 3.87. The van der Waals surface area contributed by atoms with Gasteiger partial charge in [0.2, 0.25) is 0 Å². The lowest BCUT2D eigenvalue weighted by molar-refractivity contribution is 0.481. The van der Waals surface area contributed by atoms with Gasteiger partial charge >= 0.3 is 0 Å². The molecule has 0 saturated heterocycles. The molecular weight excluding hydrogens is 245 g/mol. The molecule has 0 bridgehead atoms. The molecule has 1 nitrogen and oxygen atoms in total. The Bertz CT molecular complexity index is 369. The number of benzene rings is 1. The topological polar surface area (TPSA) is 26.0 Å². The highest BCUT2D eigenvalue weighted by Crippen LogP contribution is 2.61. The molecular formula is C11H13BrFN. The van der Waals surface area contributed by atoms with Gasteiger partial charge in [-0.2, -0.15) is 0 Å². The van der Waals surface area contributed by atoms with Crippen molar-refractivity contribution in [3.05, 3.63) is 34.1 Å². The second-order valence-electron chi connectivity index (χ2n) is 4.63. The molecule has 0 radical (unpaired) electrons. The van der Waals surface area contributed by atoms with Crippen LogP contribution in [0, 0.1) is 11.2 Å². The first kappa shape index (κ1) is 10.1. The molecule has 1 aliphatic carbocycles. The third kappa shape index (κ3) is 1.22. The summed E-state index contributed by atoms with van der Waals surface area (Å²) in [4.78, 5) is 0. The van der Waals surface area contributed by atoms with Gasteiger partial charge in [-0.1, -0.05) is 35.8 Å². The zero-order chi connectivity index (χ0) is 10.6. The second-order valence-corrected chi connectivity index (χ2v) is 5.48. The van der Waals surface area contributed by atoms with Gasteiger partial charge < -0.3 is 5.73 Å². The van der Waals surface area contributed by atoms with Gasteiger partial charge in [0.25, 0.3) is 0 Å². The third-order valence-electron chi connectivity index (χ3n) is 3.21. The molecule has 1 aromatic carbocycles. The Morgan fingerprint density at radius 2 is 2.00 bits per heavy atom. The molecule has 76 valence electrons. The molecule has 0 amide bonds. The van der Waals surface area contributed by atoms with Crippen molar-refractivity contribution in [2.45, 2.75) is 25.8 Å². The van der Waals surface area contributed by atoms with Crippen molar-refractivity contribution in [1.82, 2.24) is 0 Å². The molecule has 2 rings (SSSR count). The number of halogens is 2. The van der Waals surface area contributed by atoms with Gasteiger partial charge in [-0.25, -0.2) is 4.39 Å². The van der Waals surface area contributed by atoms with Crippen molar-refractivity contribution in [1.29, 1.82) is 0 Å². The van der Waals surface area contributed by atoms with Crippen molar-refractivity contribution >= 4 is 15.9 Å². The zero-order valence-corrected chi connectivity index (χ0v) is 9.86. The highest BCUT2D eigenvalue weighted by atomic mass is 79.9. The van der Waals surface area contributed by atoms with Gasteiger partial charge in [0, 0.05) is 10.0 Å². The number of rotatable bonds is 1. The zero-order valence-electron chi connectivity index (χ0n) is 8.27. The Labute approximate surface area is 91.6 Å². The van der Waals surface area contributed by atoms with Crippen LogP contribution in [0.3, 0.4) is 0 Å². The largest absolute Gasteiger partial charge is 0.321 e. The van der Waals surface area contributed by atoms with E-state index < -0.39 is 5.54 Å². The van der Waals surface area contributed by atoms with E-state index in [0.717, 1.165) is 10.9 Å². The fourth-order valence-electron chi connectivity index (χ4n) is 2.00. The van der Waals surface area contributed by atoms with E-state index in [0.29, 0.717) is 5.56 Å². The normalized spacial score (nSPS) is 28.9. The average molecular weight is 258 g/mol. The van der Waals surface area contributed by atoms with Gasteiger partial charge in [-0.15, -0.1) is 0 Å². The maximum absolute atomic E-state index is 13.6. The van der Waals surface area contributed by atoms with Crippen LogP contribution in [0.25, 0.3) is 0 Å². The first-order valence-corrected chi connectivity index (χ1v) is 5.41. The molecule has 14 heavy (non-hydrogen) atoms. The van der Waals surface area contributed by atoms with Crippen molar-refractivity contribution < 1.29 is 4.39 Å². The number of hydrogen-bond acceptors (Lipinski definition) is 1. The molecule has 0 aliphatic heterocycles. The van der Waals surface area contributed by atoms with E-state index in [2.05, 4.69) is 29.8 Å². The summed E-state index contributed by atoms with van der Waals surface area (Å²) in [5.41, 5.74) is 6.29. The highest BCUT2D eigenvalue weighted by Gasteiger charge is 2.61. The van der Waals surface area contributed by atoms with E-state index in [1.165, 1.54) is 6.07 Å². The summed E-state index contributed by atoms with van der Waals surface area (Å²) < 4.78 is 14.4.